The highest BCUT2D eigenvalue weighted by molar-refractivity contribution is 5.69. The Morgan fingerprint density at radius 3 is 2.81 bits per heavy atom. The standard InChI is InChI=1S/C20H19FN2O4/c1-13-7-8-15(11-16(13)21)20-22-18(27-23-20)12-26-19(24)10-9-14-5-3-4-6-17(14)25-2/h3-8,11H,9-10,12H2,1-2H3. The summed E-state index contributed by atoms with van der Waals surface area (Å²) in [5.74, 6) is 0.395. The number of carbonyl (C=O) groups is 1. The van der Waals surface area contributed by atoms with Crippen LogP contribution < -0.4 is 4.74 Å². The highest BCUT2D eigenvalue weighted by atomic mass is 19.1. The molecule has 2 aromatic carbocycles. The van der Waals surface area contributed by atoms with Crippen LogP contribution in [0.3, 0.4) is 0 Å². The Hall–Kier alpha value is -3.22. The van der Waals surface area contributed by atoms with E-state index in [1.54, 1.807) is 26.2 Å². The van der Waals surface area contributed by atoms with E-state index < -0.39 is 0 Å². The Kier molecular flexibility index (Phi) is 5.80. The van der Waals surface area contributed by atoms with E-state index in [-0.39, 0.29) is 36.5 Å². The Labute approximate surface area is 155 Å². The molecule has 0 aliphatic carbocycles. The first-order valence-electron chi connectivity index (χ1n) is 8.43. The van der Waals surface area contributed by atoms with E-state index >= 15 is 0 Å². The predicted molar refractivity (Wildman–Crippen MR) is 95.5 cm³/mol. The lowest BCUT2D eigenvalue weighted by atomic mass is 10.1. The minimum absolute atomic E-state index is 0.133. The monoisotopic (exact) mass is 370 g/mol. The molecule has 0 aliphatic rings. The van der Waals surface area contributed by atoms with Crippen molar-refractivity contribution in [1.29, 1.82) is 0 Å². The van der Waals surface area contributed by atoms with Gasteiger partial charge >= 0.3 is 5.97 Å². The number of nitrogens with zero attached hydrogens (tertiary/aromatic N) is 2. The van der Waals surface area contributed by atoms with Crippen molar-refractivity contribution < 1.29 is 23.2 Å². The van der Waals surface area contributed by atoms with Crippen LogP contribution in [0.2, 0.25) is 0 Å². The van der Waals surface area contributed by atoms with Gasteiger partial charge in [-0.05, 0) is 36.6 Å². The van der Waals surface area contributed by atoms with E-state index in [2.05, 4.69) is 10.1 Å². The van der Waals surface area contributed by atoms with Gasteiger partial charge in [0.05, 0.1) is 7.11 Å². The molecule has 0 atom stereocenters. The van der Waals surface area contributed by atoms with Gasteiger partial charge < -0.3 is 14.0 Å². The zero-order valence-corrected chi connectivity index (χ0v) is 15.1. The van der Waals surface area contributed by atoms with Gasteiger partial charge in [-0.1, -0.05) is 35.5 Å². The molecule has 0 amide bonds. The van der Waals surface area contributed by atoms with E-state index in [9.17, 15) is 9.18 Å². The molecule has 7 heteroatoms. The predicted octanol–water partition coefficient (Wildman–Crippen LogP) is 3.87. The van der Waals surface area contributed by atoms with Crippen molar-refractivity contribution in [1.82, 2.24) is 10.1 Å². The first-order valence-corrected chi connectivity index (χ1v) is 8.43. The number of esters is 1. The lowest BCUT2D eigenvalue weighted by molar-refractivity contribution is -0.145. The number of ether oxygens (including phenoxy) is 2. The van der Waals surface area contributed by atoms with Gasteiger partial charge in [-0.2, -0.15) is 4.98 Å². The third-order valence-electron chi connectivity index (χ3n) is 4.05. The zero-order chi connectivity index (χ0) is 19.2. The minimum atomic E-state index is -0.387. The highest BCUT2D eigenvalue weighted by Gasteiger charge is 2.13. The molecule has 0 N–H and O–H groups in total. The molecule has 6 nitrogen and oxygen atoms in total. The van der Waals surface area contributed by atoms with Crippen LogP contribution in [-0.2, 0) is 22.6 Å². The van der Waals surface area contributed by atoms with Crippen molar-refractivity contribution in [2.45, 2.75) is 26.4 Å². The molecule has 3 rings (SSSR count). The van der Waals surface area contributed by atoms with Crippen molar-refractivity contribution in [2.24, 2.45) is 0 Å². The minimum Gasteiger partial charge on any atom is -0.496 e. The van der Waals surface area contributed by atoms with E-state index in [1.807, 2.05) is 24.3 Å². The lowest BCUT2D eigenvalue weighted by Gasteiger charge is -2.07. The normalized spacial score (nSPS) is 10.6. The summed E-state index contributed by atoms with van der Waals surface area (Å²) in [5, 5.41) is 3.79. The second kappa shape index (κ2) is 8.44. The number of carbonyl (C=O) groups excluding carboxylic acids is 1. The van der Waals surface area contributed by atoms with Gasteiger partial charge in [-0.15, -0.1) is 0 Å². The van der Waals surface area contributed by atoms with E-state index in [0.29, 0.717) is 17.5 Å². The largest absolute Gasteiger partial charge is 0.496 e. The number of methoxy groups -OCH3 is 1. The number of hydrogen-bond donors (Lipinski definition) is 0. The third-order valence-corrected chi connectivity index (χ3v) is 4.05. The first-order chi connectivity index (χ1) is 13.1. The third kappa shape index (κ3) is 4.69. The molecule has 0 spiro atoms. The van der Waals surface area contributed by atoms with Crippen LogP contribution in [0.5, 0.6) is 5.75 Å². The van der Waals surface area contributed by atoms with Crippen molar-refractivity contribution in [3.8, 4) is 17.1 Å². The maximum Gasteiger partial charge on any atom is 0.306 e. The topological polar surface area (TPSA) is 74.5 Å². The molecular formula is C20H19FN2O4. The van der Waals surface area contributed by atoms with E-state index in [1.165, 1.54) is 6.07 Å². The quantitative estimate of drug-likeness (QED) is 0.588. The van der Waals surface area contributed by atoms with Gasteiger partial charge in [-0.3, -0.25) is 4.79 Å². The summed E-state index contributed by atoms with van der Waals surface area (Å²) in [4.78, 5) is 16.1. The summed E-state index contributed by atoms with van der Waals surface area (Å²) in [7, 11) is 1.59. The summed E-state index contributed by atoms with van der Waals surface area (Å²) >= 11 is 0. The number of aryl methyl sites for hydroxylation is 2. The number of rotatable bonds is 7. The molecule has 3 aromatic rings. The second-order valence-electron chi connectivity index (χ2n) is 5.95. The maximum absolute atomic E-state index is 13.6. The van der Waals surface area contributed by atoms with Gasteiger partial charge in [0, 0.05) is 12.0 Å². The Morgan fingerprint density at radius 2 is 2.04 bits per heavy atom. The van der Waals surface area contributed by atoms with Gasteiger partial charge in [0.1, 0.15) is 11.6 Å². The Balaban J connectivity index is 1.53. The van der Waals surface area contributed by atoms with E-state index in [0.717, 1.165) is 11.3 Å². The zero-order valence-electron chi connectivity index (χ0n) is 15.1. The molecule has 1 aromatic heterocycles. The second-order valence-corrected chi connectivity index (χ2v) is 5.95. The number of aromatic nitrogens is 2. The SMILES string of the molecule is COc1ccccc1CCC(=O)OCc1nc(-c2ccc(C)c(F)c2)no1. The number of hydrogen-bond acceptors (Lipinski definition) is 6. The van der Waals surface area contributed by atoms with Crippen LogP contribution >= 0.6 is 0 Å². The average molecular weight is 370 g/mol. The fraction of sp³-hybridized carbons (Fsp3) is 0.250. The number of halogens is 1. The maximum atomic E-state index is 13.6. The molecule has 0 saturated carbocycles. The molecular weight excluding hydrogens is 351 g/mol. The van der Waals surface area contributed by atoms with Gasteiger partial charge in [0.15, 0.2) is 6.61 Å². The van der Waals surface area contributed by atoms with Gasteiger partial charge in [0.25, 0.3) is 5.89 Å². The van der Waals surface area contributed by atoms with Gasteiger partial charge in [0.2, 0.25) is 5.82 Å². The number of benzene rings is 2. The average Bonchev–Trinajstić information content (AvgIpc) is 3.16. The first kappa shape index (κ1) is 18.6. The van der Waals surface area contributed by atoms with Crippen molar-refractivity contribution in [3.05, 3.63) is 65.3 Å². The molecule has 0 aliphatic heterocycles. The van der Waals surface area contributed by atoms with E-state index in [4.69, 9.17) is 14.0 Å². The van der Waals surface area contributed by atoms with Crippen LogP contribution in [0, 0.1) is 12.7 Å². The molecule has 27 heavy (non-hydrogen) atoms. The van der Waals surface area contributed by atoms with Gasteiger partial charge in [-0.25, -0.2) is 4.39 Å². The highest BCUT2D eigenvalue weighted by Crippen LogP contribution is 2.20. The Bertz CT molecular complexity index is 939. The summed E-state index contributed by atoms with van der Waals surface area (Å²) in [5.41, 5.74) is 1.96. The van der Waals surface area contributed by atoms with Crippen molar-refractivity contribution >= 4 is 5.97 Å². The van der Waals surface area contributed by atoms with Crippen LogP contribution in [-0.4, -0.2) is 23.2 Å². The Morgan fingerprint density at radius 1 is 1.22 bits per heavy atom. The van der Waals surface area contributed by atoms with Crippen LogP contribution in [0.25, 0.3) is 11.4 Å². The summed E-state index contributed by atoms with van der Waals surface area (Å²) in [6.07, 6.45) is 0.700. The molecule has 0 radical (unpaired) electrons. The van der Waals surface area contributed by atoms with Crippen LogP contribution in [0.1, 0.15) is 23.4 Å². The fourth-order valence-corrected chi connectivity index (χ4v) is 2.52. The van der Waals surface area contributed by atoms with Crippen molar-refractivity contribution in [3.63, 3.8) is 0 Å². The lowest BCUT2D eigenvalue weighted by Crippen LogP contribution is -2.06. The fourth-order valence-electron chi connectivity index (χ4n) is 2.52. The summed E-state index contributed by atoms with van der Waals surface area (Å²) in [6.45, 7) is 1.54. The van der Waals surface area contributed by atoms with Crippen LogP contribution in [0.15, 0.2) is 47.0 Å². The van der Waals surface area contributed by atoms with Crippen LogP contribution in [0.4, 0.5) is 4.39 Å². The van der Waals surface area contributed by atoms with Crippen molar-refractivity contribution in [2.75, 3.05) is 7.11 Å². The molecule has 0 fully saturated rings. The summed E-state index contributed by atoms with van der Waals surface area (Å²) in [6, 6.07) is 12.2. The smallest absolute Gasteiger partial charge is 0.306 e. The molecule has 140 valence electrons. The molecule has 0 bridgehead atoms. The molecule has 0 unspecified atom stereocenters. The summed E-state index contributed by atoms with van der Waals surface area (Å²) < 4.78 is 29.1. The molecule has 1 heterocycles. The number of para-hydroxylation sites is 1. The molecule has 0 saturated heterocycles.